The van der Waals surface area contributed by atoms with E-state index in [0.717, 1.165) is 31.9 Å². The number of hydrogen-bond donors (Lipinski definition) is 1. The van der Waals surface area contributed by atoms with Gasteiger partial charge in [0.25, 0.3) is 0 Å². The molecule has 2 heterocycles. The minimum atomic E-state index is -0.0198. The highest BCUT2D eigenvalue weighted by Gasteiger charge is 2.20. The minimum absolute atomic E-state index is 0.0198. The first-order valence-corrected chi connectivity index (χ1v) is 9.09. The van der Waals surface area contributed by atoms with Crippen LogP contribution in [0.2, 0.25) is 0 Å². The van der Waals surface area contributed by atoms with Crippen LogP contribution in [-0.4, -0.2) is 47.3 Å². The maximum Gasteiger partial charge on any atom is 0.238 e. The Bertz CT molecular complexity index is 704. The lowest BCUT2D eigenvalue weighted by Crippen LogP contribution is -2.48. The van der Waals surface area contributed by atoms with Gasteiger partial charge in [0, 0.05) is 50.5 Å². The Morgan fingerprint density at radius 3 is 2.32 bits per heavy atom. The third kappa shape index (κ3) is 4.31. The number of rotatable bonds is 5. The molecule has 0 aliphatic carbocycles. The van der Waals surface area contributed by atoms with E-state index in [1.807, 2.05) is 13.8 Å². The molecule has 0 radical (unpaired) electrons. The molecule has 0 spiro atoms. The lowest BCUT2D eigenvalue weighted by molar-refractivity contribution is 0.209. The Kier molecular flexibility index (Phi) is 5.27. The van der Waals surface area contributed by atoms with Gasteiger partial charge in [-0.05, 0) is 51.5 Å². The number of piperazine rings is 1. The number of aromatic nitrogens is 2. The third-order valence-electron chi connectivity index (χ3n) is 4.77. The first-order chi connectivity index (χ1) is 11.9. The summed E-state index contributed by atoms with van der Waals surface area (Å²) in [6, 6.07) is 7.24. The molecule has 1 aromatic carbocycles. The van der Waals surface area contributed by atoms with Gasteiger partial charge in [-0.3, -0.25) is 4.90 Å². The van der Waals surface area contributed by atoms with Crippen LogP contribution in [0.15, 0.2) is 22.6 Å². The van der Waals surface area contributed by atoms with Gasteiger partial charge in [-0.2, -0.15) is 0 Å². The summed E-state index contributed by atoms with van der Waals surface area (Å²) in [5.74, 6) is 1.21. The van der Waals surface area contributed by atoms with Crippen LogP contribution >= 0.6 is 0 Å². The van der Waals surface area contributed by atoms with Crippen LogP contribution in [0.1, 0.15) is 44.2 Å². The Labute approximate surface area is 150 Å². The van der Waals surface area contributed by atoms with Crippen LogP contribution in [0.5, 0.6) is 0 Å². The lowest BCUT2D eigenvalue weighted by Gasteiger charge is -2.38. The molecule has 6 nitrogen and oxygen atoms in total. The van der Waals surface area contributed by atoms with Crippen LogP contribution in [0, 0.1) is 13.8 Å². The summed E-state index contributed by atoms with van der Waals surface area (Å²) in [7, 11) is 0. The van der Waals surface area contributed by atoms with Crippen LogP contribution in [0.25, 0.3) is 0 Å². The summed E-state index contributed by atoms with van der Waals surface area (Å²) in [5.41, 5.74) is 3.62. The van der Waals surface area contributed by atoms with Crippen molar-refractivity contribution >= 4 is 11.4 Å². The van der Waals surface area contributed by atoms with E-state index in [4.69, 9.17) is 4.42 Å². The van der Waals surface area contributed by atoms with Crippen molar-refractivity contribution in [3.8, 4) is 0 Å². The number of nitrogens with one attached hydrogen (secondary N) is 1. The smallest absolute Gasteiger partial charge is 0.238 e. The lowest BCUT2D eigenvalue weighted by atomic mass is 10.1. The van der Waals surface area contributed by atoms with Crippen molar-refractivity contribution in [2.75, 3.05) is 36.4 Å². The van der Waals surface area contributed by atoms with E-state index in [2.05, 4.69) is 64.3 Å². The molecule has 0 bridgehead atoms. The Morgan fingerprint density at radius 2 is 1.72 bits per heavy atom. The number of hydrogen-bond acceptors (Lipinski definition) is 6. The van der Waals surface area contributed by atoms with Crippen molar-refractivity contribution in [1.29, 1.82) is 0 Å². The second-order valence-corrected chi connectivity index (χ2v) is 7.20. The second kappa shape index (κ2) is 7.44. The molecule has 1 fully saturated rings. The summed E-state index contributed by atoms with van der Waals surface area (Å²) >= 11 is 0. The number of nitrogens with zero attached hydrogens (tertiary/aromatic N) is 4. The summed E-state index contributed by atoms with van der Waals surface area (Å²) in [6.07, 6.45) is 0. The number of aryl methyl sites for hydroxylation is 2. The van der Waals surface area contributed by atoms with Gasteiger partial charge >= 0.3 is 0 Å². The van der Waals surface area contributed by atoms with E-state index >= 15 is 0 Å². The third-order valence-corrected chi connectivity index (χ3v) is 4.77. The molecule has 0 unspecified atom stereocenters. The number of anilines is 2. The first-order valence-electron chi connectivity index (χ1n) is 9.09. The minimum Gasteiger partial charge on any atom is -0.423 e. The van der Waals surface area contributed by atoms with Gasteiger partial charge in [0.05, 0.1) is 0 Å². The fourth-order valence-electron chi connectivity index (χ4n) is 3.32. The number of benzene rings is 1. The molecule has 1 saturated heterocycles. The quantitative estimate of drug-likeness (QED) is 0.898. The van der Waals surface area contributed by atoms with Crippen molar-refractivity contribution < 1.29 is 4.42 Å². The molecular formula is C19H29N5O. The first kappa shape index (κ1) is 17.7. The van der Waals surface area contributed by atoms with Crippen molar-refractivity contribution in [3.05, 3.63) is 35.5 Å². The fourth-order valence-corrected chi connectivity index (χ4v) is 3.32. The van der Waals surface area contributed by atoms with Gasteiger partial charge in [0.2, 0.25) is 11.8 Å². The molecule has 6 heteroatoms. The van der Waals surface area contributed by atoms with Gasteiger partial charge in [-0.1, -0.05) is 0 Å². The molecule has 1 aliphatic rings. The summed E-state index contributed by atoms with van der Waals surface area (Å²) in [6.45, 7) is 14.9. The monoisotopic (exact) mass is 343 g/mol. The highest BCUT2D eigenvalue weighted by Crippen LogP contribution is 2.26. The van der Waals surface area contributed by atoms with Crippen molar-refractivity contribution in [3.63, 3.8) is 0 Å². The molecule has 136 valence electrons. The van der Waals surface area contributed by atoms with Crippen molar-refractivity contribution in [2.24, 2.45) is 0 Å². The molecule has 3 rings (SSSR count). The molecule has 0 saturated carbocycles. The summed E-state index contributed by atoms with van der Waals surface area (Å²) < 4.78 is 5.53. The predicted molar refractivity (Wildman–Crippen MR) is 101 cm³/mol. The molecule has 1 atom stereocenters. The van der Waals surface area contributed by atoms with E-state index in [1.54, 1.807) is 0 Å². The molecule has 2 aromatic rings. The zero-order valence-electron chi connectivity index (χ0n) is 15.9. The fraction of sp³-hybridized carbons (Fsp3) is 0.579. The van der Waals surface area contributed by atoms with Crippen LogP contribution in [0.4, 0.5) is 11.4 Å². The highest BCUT2D eigenvalue weighted by atomic mass is 16.4. The maximum absolute atomic E-state index is 5.53. The van der Waals surface area contributed by atoms with E-state index < -0.39 is 0 Å². The summed E-state index contributed by atoms with van der Waals surface area (Å²) in [5, 5.41) is 11.5. The van der Waals surface area contributed by atoms with Gasteiger partial charge in [0.1, 0.15) is 6.04 Å². The van der Waals surface area contributed by atoms with Gasteiger partial charge in [-0.15, -0.1) is 10.2 Å². The van der Waals surface area contributed by atoms with Crippen LogP contribution in [-0.2, 0) is 0 Å². The van der Waals surface area contributed by atoms with E-state index in [-0.39, 0.29) is 6.04 Å². The topological polar surface area (TPSA) is 57.4 Å². The molecule has 1 N–H and O–H groups in total. The van der Waals surface area contributed by atoms with E-state index in [1.165, 1.54) is 11.3 Å². The predicted octanol–water partition coefficient (Wildman–Crippen LogP) is 3.39. The van der Waals surface area contributed by atoms with Gasteiger partial charge in [-0.25, -0.2) is 0 Å². The van der Waals surface area contributed by atoms with Crippen LogP contribution in [0.3, 0.4) is 0 Å². The Balaban J connectivity index is 1.70. The second-order valence-electron chi connectivity index (χ2n) is 7.20. The van der Waals surface area contributed by atoms with E-state index in [9.17, 15) is 0 Å². The average Bonchev–Trinajstić information content (AvgIpc) is 3.01. The molecule has 0 amide bonds. The molecule has 1 aliphatic heterocycles. The van der Waals surface area contributed by atoms with E-state index in [0.29, 0.717) is 17.8 Å². The highest BCUT2D eigenvalue weighted by molar-refractivity contribution is 5.61. The van der Waals surface area contributed by atoms with Crippen LogP contribution < -0.4 is 10.2 Å². The van der Waals surface area contributed by atoms with Gasteiger partial charge < -0.3 is 14.6 Å². The molecule has 25 heavy (non-hydrogen) atoms. The zero-order valence-corrected chi connectivity index (χ0v) is 15.9. The van der Waals surface area contributed by atoms with Crippen molar-refractivity contribution in [2.45, 2.75) is 46.7 Å². The SMILES string of the molecule is Cc1cc(N[C@@H](C)c2nnc(C)o2)cc(N2CCN(C(C)C)CC2)c1. The maximum atomic E-state index is 5.53. The Hall–Kier alpha value is -2.08. The largest absolute Gasteiger partial charge is 0.423 e. The summed E-state index contributed by atoms with van der Waals surface area (Å²) in [4.78, 5) is 5.00. The molecular weight excluding hydrogens is 314 g/mol. The zero-order chi connectivity index (χ0) is 18.0. The van der Waals surface area contributed by atoms with Crippen molar-refractivity contribution in [1.82, 2.24) is 15.1 Å². The average molecular weight is 343 g/mol. The molecule has 1 aromatic heterocycles. The van der Waals surface area contributed by atoms with Gasteiger partial charge in [0.15, 0.2) is 0 Å². The Morgan fingerprint density at radius 1 is 1.00 bits per heavy atom. The standard InChI is InChI=1S/C19H29N5O/c1-13(2)23-6-8-24(9-7-23)18-11-14(3)10-17(12-18)20-15(4)19-22-21-16(5)25-19/h10-13,15,20H,6-9H2,1-5H3/t15-/m0/s1. The normalized spacial score (nSPS) is 17.1.